The number of ether oxygens (including phenoxy) is 1. The second-order valence-corrected chi connectivity index (χ2v) is 13.1. The minimum Gasteiger partial charge on any atom is -0.495 e. The SMILES string of the molecule is CCN1CCC(Nc2cccc3c(CC(F)(F)F)c(C#CCNc4ccc(P(C)C)cc4OC)sc23)C(F)C1. The van der Waals surface area contributed by atoms with Crippen LogP contribution in [-0.4, -0.2) is 69.9 Å². The molecule has 1 aliphatic rings. The number of fused-ring (bicyclic) bond motifs is 1. The van der Waals surface area contributed by atoms with Gasteiger partial charge in [0.15, 0.2) is 0 Å². The number of hydrogen-bond acceptors (Lipinski definition) is 5. The van der Waals surface area contributed by atoms with E-state index in [0.717, 1.165) is 18.8 Å². The summed E-state index contributed by atoms with van der Waals surface area (Å²) in [6, 6.07) is 10.8. The van der Waals surface area contributed by atoms with Crippen molar-refractivity contribution in [3.63, 3.8) is 0 Å². The molecule has 1 aromatic heterocycles. The van der Waals surface area contributed by atoms with Crippen LogP contribution in [0.1, 0.15) is 23.8 Å². The van der Waals surface area contributed by atoms with Crippen LogP contribution in [0.2, 0.25) is 0 Å². The molecule has 0 spiro atoms. The van der Waals surface area contributed by atoms with Gasteiger partial charge in [0.2, 0.25) is 0 Å². The average molecular weight is 580 g/mol. The summed E-state index contributed by atoms with van der Waals surface area (Å²) in [7, 11) is 1.33. The van der Waals surface area contributed by atoms with Gasteiger partial charge < -0.3 is 20.3 Å². The van der Waals surface area contributed by atoms with Crippen molar-refractivity contribution in [1.82, 2.24) is 4.90 Å². The van der Waals surface area contributed by atoms with Gasteiger partial charge in [0.1, 0.15) is 11.9 Å². The fourth-order valence-corrected chi connectivity index (χ4v) is 6.67. The first kappa shape index (κ1) is 29.5. The molecule has 39 heavy (non-hydrogen) atoms. The van der Waals surface area contributed by atoms with Crippen LogP contribution in [0, 0.1) is 11.8 Å². The fraction of sp³-hybridized carbons (Fsp3) is 0.448. The second kappa shape index (κ2) is 12.8. The summed E-state index contributed by atoms with van der Waals surface area (Å²) in [6.45, 7) is 8.51. The Morgan fingerprint density at radius 1 is 1.18 bits per heavy atom. The van der Waals surface area contributed by atoms with Crippen molar-refractivity contribution in [2.45, 2.75) is 38.2 Å². The van der Waals surface area contributed by atoms with E-state index in [1.54, 1.807) is 19.2 Å². The Morgan fingerprint density at radius 2 is 1.97 bits per heavy atom. The maximum Gasteiger partial charge on any atom is 0.393 e. The lowest BCUT2D eigenvalue weighted by Gasteiger charge is -2.35. The highest BCUT2D eigenvalue weighted by atomic mass is 32.1. The van der Waals surface area contributed by atoms with Crippen molar-refractivity contribution in [1.29, 1.82) is 0 Å². The monoisotopic (exact) mass is 579 g/mol. The number of nitrogens with one attached hydrogen (secondary N) is 2. The molecule has 2 aromatic carbocycles. The van der Waals surface area contributed by atoms with Crippen LogP contribution in [0.25, 0.3) is 10.1 Å². The van der Waals surface area contributed by atoms with Crippen LogP contribution in [0.4, 0.5) is 28.9 Å². The zero-order valence-corrected chi connectivity index (χ0v) is 24.3. The van der Waals surface area contributed by atoms with Crippen molar-refractivity contribution >= 4 is 46.0 Å². The van der Waals surface area contributed by atoms with Crippen molar-refractivity contribution in [2.75, 3.05) is 57.3 Å². The van der Waals surface area contributed by atoms with Gasteiger partial charge in [-0.2, -0.15) is 13.2 Å². The number of nitrogens with zero attached hydrogens (tertiary/aromatic N) is 1. The molecule has 1 fully saturated rings. The van der Waals surface area contributed by atoms with Gasteiger partial charge in [0.25, 0.3) is 0 Å². The summed E-state index contributed by atoms with van der Waals surface area (Å²) in [5.41, 5.74) is 1.60. The van der Waals surface area contributed by atoms with E-state index in [0.29, 0.717) is 39.4 Å². The summed E-state index contributed by atoms with van der Waals surface area (Å²) in [5, 5.41) is 8.22. The number of methoxy groups -OCH3 is 1. The molecule has 2 unspecified atom stereocenters. The van der Waals surface area contributed by atoms with E-state index >= 15 is 0 Å². The first-order valence-electron chi connectivity index (χ1n) is 12.9. The van der Waals surface area contributed by atoms with Crippen molar-refractivity contribution in [3.8, 4) is 17.6 Å². The Bertz CT molecular complexity index is 1350. The highest BCUT2D eigenvalue weighted by Gasteiger charge is 2.32. The molecule has 4 rings (SSSR count). The first-order valence-corrected chi connectivity index (χ1v) is 16.0. The standard InChI is InChI=1S/C29H34F4N3OPS/c1-5-36-15-13-23(22(30)18-36)35-25-9-6-8-20-21(17-29(31,32)33)27(39-28(20)25)10-7-14-34-24-12-11-19(38(3)4)16-26(24)37-2/h6,8-9,11-12,16,22-23,34-35H,5,13-15,17-18H2,1-4H3. The fourth-order valence-electron chi connectivity index (χ4n) is 4.75. The molecular formula is C29H34F4N3OPS. The Morgan fingerprint density at radius 3 is 2.64 bits per heavy atom. The topological polar surface area (TPSA) is 36.5 Å². The molecule has 2 atom stereocenters. The third-order valence-electron chi connectivity index (χ3n) is 6.88. The smallest absolute Gasteiger partial charge is 0.393 e. The lowest BCUT2D eigenvalue weighted by molar-refractivity contribution is -0.126. The summed E-state index contributed by atoms with van der Waals surface area (Å²) >= 11 is 1.23. The minimum atomic E-state index is -4.38. The predicted molar refractivity (Wildman–Crippen MR) is 157 cm³/mol. The van der Waals surface area contributed by atoms with Crippen molar-refractivity contribution < 1.29 is 22.3 Å². The van der Waals surface area contributed by atoms with Crippen LogP contribution in [0.15, 0.2) is 36.4 Å². The molecule has 0 bridgehead atoms. The van der Waals surface area contributed by atoms with E-state index in [-0.39, 0.29) is 26.1 Å². The molecule has 0 amide bonds. The number of rotatable bonds is 8. The molecule has 10 heteroatoms. The van der Waals surface area contributed by atoms with E-state index in [1.165, 1.54) is 16.6 Å². The molecule has 2 heterocycles. The number of likely N-dealkylation sites (tertiary alicyclic amines) is 1. The molecule has 2 N–H and O–H groups in total. The molecule has 1 saturated heterocycles. The van der Waals surface area contributed by atoms with E-state index in [9.17, 15) is 17.6 Å². The van der Waals surface area contributed by atoms with Gasteiger partial charge in [0, 0.05) is 13.1 Å². The van der Waals surface area contributed by atoms with E-state index in [1.807, 2.05) is 31.2 Å². The minimum absolute atomic E-state index is 0.164. The quantitative estimate of drug-likeness (QED) is 0.177. The van der Waals surface area contributed by atoms with Gasteiger partial charge in [0.05, 0.1) is 47.1 Å². The molecule has 0 saturated carbocycles. The third kappa shape index (κ3) is 7.36. The molecule has 1 aliphatic heterocycles. The summed E-state index contributed by atoms with van der Waals surface area (Å²) in [4.78, 5) is 2.44. The van der Waals surface area contributed by atoms with Crippen LogP contribution >= 0.6 is 19.3 Å². The average Bonchev–Trinajstić information content (AvgIpc) is 3.24. The number of alkyl halides is 4. The first-order chi connectivity index (χ1) is 18.6. The molecule has 3 aromatic rings. The van der Waals surface area contributed by atoms with Gasteiger partial charge in [-0.15, -0.1) is 11.3 Å². The summed E-state index contributed by atoms with van der Waals surface area (Å²) in [5.74, 6) is 6.67. The van der Waals surface area contributed by atoms with Gasteiger partial charge >= 0.3 is 6.18 Å². The number of piperidine rings is 1. The maximum absolute atomic E-state index is 14.9. The third-order valence-corrected chi connectivity index (χ3v) is 9.39. The number of benzene rings is 2. The van der Waals surface area contributed by atoms with E-state index in [2.05, 4.69) is 40.7 Å². The molecule has 0 radical (unpaired) electrons. The number of halogens is 4. The normalized spacial score (nSPS) is 18.2. The Kier molecular flexibility index (Phi) is 9.64. The lowest BCUT2D eigenvalue weighted by Crippen LogP contribution is -2.47. The van der Waals surface area contributed by atoms with Crippen LogP contribution in [-0.2, 0) is 6.42 Å². The predicted octanol–water partition coefficient (Wildman–Crippen LogP) is 6.69. The van der Waals surface area contributed by atoms with Crippen molar-refractivity contribution in [3.05, 3.63) is 46.8 Å². The number of anilines is 2. The van der Waals surface area contributed by atoms with Crippen LogP contribution in [0.3, 0.4) is 0 Å². The van der Waals surface area contributed by atoms with Gasteiger partial charge in [-0.1, -0.05) is 44.9 Å². The van der Waals surface area contributed by atoms with E-state index < -0.39 is 18.8 Å². The number of thiophene rings is 1. The molecule has 0 aliphatic carbocycles. The lowest BCUT2D eigenvalue weighted by atomic mass is 10.0. The Labute approximate surface area is 232 Å². The molecule has 210 valence electrons. The Hall–Kier alpha value is -2.53. The molecule has 4 nitrogen and oxygen atoms in total. The maximum atomic E-state index is 14.9. The largest absolute Gasteiger partial charge is 0.495 e. The van der Waals surface area contributed by atoms with Gasteiger partial charge in [-0.05, 0) is 60.7 Å². The van der Waals surface area contributed by atoms with Gasteiger partial charge in [-0.25, -0.2) is 4.39 Å². The highest BCUT2D eigenvalue weighted by molar-refractivity contribution is 7.64. The van der Waals surface area contributed by atoms with Crippen LogP contribution < -0.4 is 20.7 Å². The zero-order chi connectivity index (χ0) is 28.2. The van der Waals surface area contributed by atoms with Crippen molar-refractivity contribution in [2.24, 2.45) is 0 Å². The second-order valence-electron chi connectivity index (χ2n) is 9.77. The van der Waals surface area contributed by atoms with E-state index in [4.69, 9.17) is 4.74 Å². The summed E-state index contributed by atoms with van der Waals surface area (Å²) in [6.07, 6.45) is -5.87. The Balaban J connectivity index is 1.59. The highest BCUT2D eigenvalue weighted by Crippen LogP contribution is 2.39. The zero-order valence-electron chi connectivity index (χ0n) is 22.6. The molecular weight excluding hydrogens is 545 g/mol. The van der Waals surface area contributed by atoms with Crippen LogP contribution in [0.5, 0.6) is 5.75 Å². The summed E-state index contributed by atoms with van der Waals surface area (Å²) < 4.78 is 61.7. The van der Waals surface area contributed by atoms with Gasteiger partial charge in [-0.3, -0.25) is 0 Å². The number of hydrogen-bond donors (Lipinski definition) is 2.